The molecule has 0 saturated carbocycles. The van der Waals surface area contributed by atoms with Crippen LogP contribution in [-0.2, 0) is 4.79 Å². The van der Waals surface area contributed by atoms with Gasteiger partial charge in [0.15, 0.2) is 0 Å². The molecule has 96 valence electrons. The van der Waals surface area contributed by atoms with Gasteiger partial charge < -0.3 is 11.1 Å². The van der Waals surface area contributed by atoms with Crippen LogP contribution in [0.15, 0.2) is 12.4 Å². The van der Waals surface area contributed by atoms with Crippen LogP contribution in [0.2, 0.25) is 0 Å². The standard InChI is InChI=1S/C12H22N4O/c1-9(2)16-8-11(7-14-16)15-12(17)6-4-5-10(3)13/h7-10H,4-6,13H2,1-3H3,(H,15,17). The van der Waals surface area contributed by atoms with Crippen molar-refractivity contribution < 1.29 is 4.79 Å². The molecule has 17 heavy (non-hydrogen) atoms. The van der Waals surface area contributed by atoms with Crippen LogP contribution in [0.25, 0.3) is 0 Å². The Balaban J connectivity index is 2.34. The summed E-state index contributed by atoms with van der Waals surface area (Å²) in [5, 5.41) is 6.99. The van der Waals surface area contributed by atoms with Crippen LogP contribution in [0.1, 0.15) is 46.1 Å². The van der Waals surface area contributed by atoms with Crippen molar-refractivity contribution in [2.75, 3.05) is 5.32 Å². The lowest BCUT2D eigenvalue weighted by atomic mass is 10.1. The van der Waals surface area contributed by atoms with E-state index in [0.717, 1.165) is 18.5 Å². The summed E-state index contributed by atoms with van der Waals surface area (Å²) in [6.07, 6.45) is 5.71. The van der Waals surface area contributed by atoms with Crippen molar-refractivity contribution in [2.24, 2.45) is 5.73 Å². The molecule has 0 spiro atoms. The summed E-state index contributed by atoms with van der Waals surface area (Å²) in [6.45, 7) is 6.03. The highest BCUT2D eigenvalue weighted by Gasteiger charge is 2.06. The molecule has 1 rings (SSSR count). The quantitative estimate of drug-likeness (QED) is 0.795. The van der Waals surface area contributed by atoms with Crippen molar-refractivity contribution in [3.8, 4) is 0 Å². The van der Waals surface area contributed by atoms with Gasteiger partial charge in [0.25, 0.3) is 0 Å². The summed E-state index contributed by atoms with van der Waals surface area (Å²) in [6, 6.07) is 0.463. The molecular formula is C12H22N4O. The Morgan fingerprint density at radius 2 is 2.24 bits per heavy atom. The molecule has 1 atom stereocenters. The van der Waals surface area contributed by atoms with Gasteiger partial charge in [-0.15, -0.1) is 0 Å². The van der Waals surface area contributed by atoms with E-state index < -0.39 is 0 Å². The summed E-state index contributed by atoms with van der Waals surface area (Å²) in [5.74, 6) is 0.0222. The second kappa shape index (κ2) is 6.39. The predicted molar refractivity (Wildman–Crippen MR) is 68.7 cm³/mol. The molecular weight excluding hydrogens is 216 g/mol. The molecule has 1 amide bonds. The summed E-state index contributed by atoms with van der Waals surface area (Å²) < 4.78 is 1.82. The van der Waals surface area contributed by atoms with E-state index in [1.165, 1.54) is 0 Å². The van der Waals surface area contributed by atoms with E-state index in [9.17, 15) is 4.79 Å². The smallest absolute Gasteiger partial charge is 0.224 e. The minimum Gasteiger partial charge on any atom is -0.328 e. The van der Waals surface area contributed by atoms with Gasteiger partial charge in [-0.3, -0.25) is 9.48 Å². The Kier molecular flexibility index (Phi) is 5.15. The number of nitrogens with two attached hydrogens (primary N) is 1. The zero-order chi connectivity index (χ0) is 12.8. The molecule has 0 radical (unpaired) electrons. The van der Waals surface area contributed by atoms with Gasteiger partial charge >= 0.3 is 0 Å². The van der Waals surface area contributed by atoms with Crippen molar-refractivity contribution in [1.82, 2.24) is 9.78 Å². The highest BCUT2D eigenvalue weighted by molar-refractivity contribution is 5.90. The molecule has 0 saturated heterocycles. The molecule has 1 aromatic heterocycles. The minimum atomic E-state index is 0.0222. The highest BCUT2D eigenvalue weighted by Crippen LogP contribution is 2.10. The number of anilines is 1. The Hall–Kier alpha value is -1.36. The highest BCUT2D eigenvalue weighted by atomic mass is 16.1. The van der Waals surface area contributed by atoms with Crippen LogP contribution in [0.4, 0.5) is 5.69 Å². The van der Waals surface area contributed by atoms with Crippen LogP contribution in [0.3, 0.4) is 0 Å². The number of carbonyl (C=O) groups is 1. The number of aromatic nitrogens is 2. The Labute approximate surface area is 102 Å². The lowest BCUT2D eigenvalue weighted by Gasteiger charge is -2.05. The second-order valence-electron chi connectivity index (χ2n) is 4.72. The Morgan fingerprint density at radius 3 is 2.76 bits per heavy atom. The molecule has 1 aromatic rings. The number of hydrogen-bond acceptors (Lipinski definition) is 3. The van der Waals surface area contributed by atoms with E-state index in [-0.39, 0.29) is 11.9 Å². The number of nitrogens with zero attached hydrogens (tertiary/aromatic N) is 2. The molecule has 0 aromatic carbocycles. The van der Waals surface area contributed by atoms with E-state index in [1.807, 2.05) is 31.6 Å². The molecule has 3 N–H and O–H groups in total. The van der Waals surface area contributed by atoms with Crippen molar-refractivity contribution >= 4 is 11.6 Å². The van der Waals surface area contributed by atoms with Gasteiger partial charge in [-0.25, -0.2) is 0 Å². The number of carbonyl (C=O) groups excluding carboxylic acids is 1. The first kappa shape index (κ1) is 13.7. The van der Waals surface area contributed by atoms with Crippen molar-refractivity contribution in [2.45, 2.75) is 52.1 Å². The molecule has 1 unspecified atom stereocenters. The van der Waals surface area contributed by atoms with Crippen molar-refractivity contribution in [3.63, 3.8) is 0 Å². The SMILES string of the molecule is CC(N)CCCC(=O)Nc1cnn(C(C)C)c1. The largest absolute Gasteiger partial charge is 0.328 e. The average Bonchev–Trinajstić information content (AvgIpc) is 2.65. The minimum absolute atomic E-state index is 0.0222. The van der Waals surface area contributed by atoms with Gasteiger partial charge in [-0.1, -0.05) is 0 Å². The zero-order valence-corrected chi connectivity index (χ0v) is 10.8. The molecule has 0 bridgehead atoms. The fraction of sp³-hybridized carbons (Fsp3) is 0.667. The van der Waals surface area contributed by atoms with Crippen molar-refractivity contribution in [1.29, 1.82) is 0 Å². The number of nitrogens with one attached hydrogen (secondary N) is 1. The fourth-order valence-corrected chi connectivity index (χ4v) is 1.49. The van der Waals surface area contributed by atoms with E-state index in [4.69, 9.17) is 5.73 Å². The molecule has 0 aliphatic heterocycles. The number of rotatable bonds is 6. The third kappa shape index (κ3) is 4.99. The van der Waals surface area contributed by atoms with Gasteiger partial charge in [0.2, 0.25) is 5.91 Å². The van der Waals surface area contributed by atoms with E-state index in [1.54, 1.807) is 6.20 Å². The van der Waals surface area contributed by atoms with Gasteiger partial charge in [0.05, 0.1) is 11.9 Å². The molecule has 1 heterocycles. The first-order chi connectivity index (χ1) is 7.99. The maximum Gasteiger partial charge on any atom is 0.224 e. The Bertz CT molecular complexity index is 357. The monoisotopic (exact) mass is 238 g/mol. The zero-order valence-electron chi connectivity index (χ0n) is 10.8. The van der Waals surface area contributed by atoms with E-state index >= 15 is 0 Å². The van der Waals surface area contributed by atoms with Crippen LogP contribution >= 0.6 is 0 Å². The predicted octanol–water partition coefficient (Wildman–Crippen LogP) is 1.92. The van der Waals surface area contributed by atoms with Crippen LogP contribution in [0.5, 0.6) is 0 Å². The summed E-state index contributed by atoms with van der Waals surface area (Å²) in [7, 11) is 0. The Morgan fingerprint density at radius 1 is 1.53 bits per heavy atom. The first-order valence-electron chi connectivity index (χ1n) is 6.08. The van der Waals surface area contributed by atoms with E-state index in [2.05, 4.69) is 10.4 Å². The maximum atomic E-state index is 11.6. The third-order valence-electron chi connectivity index (χ3n) is 2.48. The molecule has 0 aliphatic carbocycles. The van der Waals surface area contributed by atoms with Gasteiger partial charge in [-0.05, 0) is 33.6 Å². The van der Waals surface area contributed by atoms with Crippen molar-refractivity contribution in [3.05, 3.63) is 12.4 Å². The maximum absolute atomic E-state index is 11.6. The molecule has 5 nitrogen and oxygen atoms in total. The molecule has 0 aliphatic rings. The van der Waals surface area contributed by atoms with E-state index in [0.29, 0.717) is 12.5 Å². The van der Waals surface area contributed by atoms with Gasteiger partial charge in [0, 0.05) is 24.7 Å². The third-order valence-corrected chi connectivity index (χ3v) is 2.48. The van der Waals surface area contributed by atoms with Crippen LogP contribution in [0, 0.1) is 0 Å². The first-order valence-corrected chi connectivity index (χ1v) is 6.08. The summed E-state index contributed by atoms with van der Waals surface area (Å²) in [4.78, 5) is 11.6. The molecule has 0 fully saturated rings. The fourth-order valence-electron chi connectivity index (χ4n) is 1.49. The van der Waals surface area contributed by atoms with Crippen LogP contribution in [-0.4, -0.2) is 21.7 Å². The van der Waals surface area contributed by atoms with Crippen LogP contribution < -0.4 is 11.1 Å². The topological polar surface area (TPSA) is 72.9 Å². The molecule has 5 heteroatoms. The normalized spacial score (nSPS) is 12.8. The summed E-state index contributed by atoms with van der Waals surface area (Å²) in [5.41, 5.74) is 6.38. The lowest BCUT2D eigenvalue weighted by molar-refractivity contribution is -0.116. The lowest BCUT2D eigenvalue weighted by Crippen LogP contribution is -2.16. The van der Waals surface area contributed by atoms with Gasteiger partial charge in [0.1, 0.15) is 0 Å². The number of amides is 1. The van der Waals surface area contributed by atoms with Gasteiger partial charge in [-0.2, -0.15) is 5.10 Å². The average molecular weight is 238 g/mol. The summed E-state index contributed by atoms with van der Waals surface area (Å²) >= 11 is 0. The second-order valence-corrected chi connectivity index (χ2v) is 4.72. The number of hydrogen-bond donors (Lipinski definition) is 2.